The van der Waals surface area contributed by atoms with Gasteiger partial charge in [0.1, 0.15) is 0 Å². The summed E-state index contributed by atoms with van der Waals surface area (Å²) in [5.41, 5.74) is 5.11. The molecule has 0 aromatic carbocycles. The van der Waals surface area contributed by atoms with Crippen molar-refractivity contribution in [2.45, 2.75) is 0 Å². The molecule has 8 heteroatoms. The predicted molar refractivity (Wildman–Crippen MR) is 44.6 cm³/mol. The van der Waals surface area contributed by atoms with Crippen LogP contribution < -0.4 is 5.73 Å². The van der Waals surface area contributed by atoms with Crippen LogP contribution in [0.5, 0.6) is 0 Å². The van der Waals surface area contributed by atoms with Gasteiger partial charge in [-0.2, -0.15) is 20.4 Å². The molecule has 0 atom stereocenters. The molecule has 2 heterocycles. The normalized spacial score (nSPS) is 8.67. The van der Waals surface area contributed by atoms with Gasteiger partial charge < -0.3 is 5.73 Å². The molecule has 0 fully saturated rings. The number of nitrogens with zero attached hydrogens (tertiary/aromatic N) is 3. The molecule has 2 rings (SSSR count). The molecule has 0 saturated carbocycles. The number of hydrogen-bond acceptors (Lipinski definition) is 5. The van der Waals surface area contributed by atoms with E-state index in [-0.39, 0.29) is 0 Å². The molecule has 0 saturated heterocycles. The highest BCUT2D eigenvalue weighted by Gasteiger charge is 1.80. The Morgan fingerprint density at radius 2 is 1.92 bits per heavy atom. The van der Waals surface area contributed by atoms with Crippen molar-refractivity contribution in [1.82, 2.24) is 30.6 Å². The summed E-state index contributed by atoms with van der Waals surface area (Å²) >= 11 is 4.55. The quantitative estimate of drug-likeness (QED) is 0.426. The fourth-order valence-corrected chi connectivity index (χ4v) is 0.599. The number of H-pyrrole nitrogens is 3. The Morgan fingerprint density at radius 1 is 1.25 bits per heavy atom. The second kappa shape index (κ2) is 4.23. The Labute approximate surface area is 72.4 Å². The molecule has 0 radical (unpaired) electrons. The van der Waals surface area contributed by atoms with E-state index in [4.69, 9.17) is 5.73 Å². The molecule has 0 spiro atoms. The maximum atomic E-state index is 5.11. The zero-order valence-electron chi connectivity index (χ0n) is 5.98. The van der Waals surface area contributed by atoms with E-state index < -0.39 is 0 Å². The lowest BCUT2D eigenvalue weighted by molar-refractivity contribution is 0.940. The molecule has 5 N–H and O–H groups in total. The molecule has 0 amide bonds. The highest BCUT2D eigenvalue weighted by molar-refractivity contribution is 7.71. The standard InChI is InChI=1S/C2H4N4S.C2H3N3/c3-1-4-2(7)6-5-1;1-2-4-5-3-1/h(H4,3,4,5,6,7);1-2H,(H,3,4,5). The second-order valence-electron chi connectivity index (χ2n) is 1.71. The summed E-state index contributed by atoms with van der Waals surface area (Å²) in [5, 5.41) is 14.4. The third-order valence-corrected chi connectivity index (χ3v) is 1.04. The number of rotatable bonds is 0. The van der Waals surface area contributed by atoms with Crippen molar-refractivity contribution < 1.29 is 0 Å². The first-order valence-electron chi connectivity index (χ1n) is 2.99. The van der Waals surface area contributed by atoms with E-state index in [9.17, 15) is 0 Å². The molecule has 0 aliphatic heterocycles. The molecule has 0 aliphatic rings. The molecular weight excluding hydrogens is 178 g/mol. The van der Waals surface area contributed by atoms with Crippen LogP contribution in [0.2, 0.25) is 0 Å². The molecule has 64 valence electrons. The van der Waals surface area contributed by atoms with E-state index in [1.54, 1.807) is 12.4 Å². The van der Waals surface area contributed by atoms with Gasteiger partial charge in [0.2, 0.25) is 10.7 Å². The van der Waals surface area contributed by atoms with Crippen molar-refractivity contribution in [3.05, 3.63) is 17.2 Å². The second-order valence-corrected chi connectivity index (χ2v) is 2.10. The Morgan fingerprint density at radius 3 is 2.08 bits per heavy atom. The molecule has 7 nitrogen and oxygen atoms in total. The number of nitrogens with one attached hydrogen (secondary N) is 3. The van der Waals surface area contributed by atoms with Gasteiger partial charge in [0.15, 0.2) is 0 Å². The Hall–Kier alpha value is -1.70. The average molecular weight is 185 g/mol. The zero-order valence-corrected chi connectivity index (χ0v) is 6.80. The minimum Gasteiger partial charge on any atom is -0.368 e. The maximum absolute atomic E-state index is 5.11. The van der Waals surface area contributed by atoms with Crippen LogP contribution in [0.25, 0.3) is 0 Å². The highest BCUT2D eigenvalue weighted by atomic mass is 32.1. The lowest BCUT2D eigenvalue weighted by Crippen LogP contribution is -1.84. The van der Waals surface area contributed by atoms with Crippen LogP contribution in [0, 0.1) is 4.77 Å². The summed E-state index contributed by atoms with van der Waals surface area (Å²) in [6, 6.07) is 0. The monoisotopic (exact) mass is 185 g/mol. The van der Waals surface area contributed by atoms with Gasteiger partial charge in [-0.05, 0) is 12.2 Å². The topological polar surface area (TPSA) is 112 Å². The smallest absolute Gasteiger partial charge is 0.215 e. The van der Waals surface area contributed by atoms with Crippen molar-refractivity contribution in [1.29, 1.82) is 0 Å². The van der Waals surface area contributed by atoms with Gasteiger partial charge in [-0.1, -0.05) is 0 Å². The fourth-order valence-electron chi connectivity index (χ4n) is 0.449. The Balaban J connectivity index is 0.000000127. The van der Waals surface area contributed by atoms with E-state index in [0.717, 1.165) is 0 Å². The zero-order chi connectivity index (χ0) is 8.81. The molecule has 12 heavy (non-hydrogen) atoms. The van der Waals surface area contributed by atoms with Gasteiger partial charge in [-0.15, -0.1) is 0 Å². The number of hydrogen-bond donors (Lipinski definition) is 4. The van der Waals surface area contributed by atoms with Gasteiger partial charge in [-0.25, -0.2) is 0 Å². The van der Waals surface area contributed by atoms with E-state index in [1.807, 2.05) is 0 Å². The van der Waals surface area contributed by atoms with Crippen LogP contribution in [0.4, 0.5) is 5.95 Å². The Kier molecular flexibility index (Phi) is 2.96. The van der Waals surface area contributed by atoms with Crippen molar-refractivity contribution >= 4 is 18.2 Å². The first-order valence-corrected chi connectivity index (χ1v) is 3.40. The predicted octanol–water partition coefficient (Wildman–Crippen LogP) is -0.146. The van der Waals surface area contributed by atoms with Gasteiger partial charge in [0.25, 0.3) is 0 Å². The van der Waals surface area contributed by atoms with Crippen molar-refractivity contribution in [2.75, 3.05) is 5.73 Å². The average Bonchev–Trinajstić information content (AvgIpc) is 2.63. The number of aromatic nitrogens is 6. The summed E-state index contributed by atoms with van der Waals surface area (Å²) in [5.74, 6) is 0.324. The summed E-state index contributed by atoms with van der Waals surface area (Å²) < 4.78 is 0.387. The minimum absolute atomic E-state index is 0.324. The lowest BCUT2D eigenvalue weighted by Gasteiger charge is -1.69. The Bertz CT molecular complexity index is 328. The van der Waals surface area contributed by atoms with E-state index in [0.29, 0.717) is 10.7 Å². The van der Waals surface area contributed by atoms with Crippen molar-refractivity contribution in [2.24, 2.45) is 0 Å². The first-order chi connectivity index (χ1) is 5.79. The molecule has 2 aromatic heterocycles. The van der Waals surface area contributed by atoms with Gasteiger partial charge in [0.05, 0.1) is 12.4 Å². The third-order valence-electron chi connectivity index (χ3n) is 0.851. The van der Waals surface area contributed by atoms with Gasteiger partial charge in [-0.3, -0.25) is 10.2 Å². The third kappa shape index (κ3) is 2.92. The number of nitrogens with two attached hydrogens (primary N) is 1. The summed E-state index contributed by atoms with van der Waals surface area (Å²) in [7, 11) is 0. The van der Waals surface area contributed by atoms with E-state index in [1.165, 1.54) is 0 Å². The van der Waals surface area contributed by atoms with Crippen LogP contribution in [0.15, 0.2) is 12.4 Å². The van der Waals surface area contributed by atoms with E-state index >= 15 is 0 Å². The summed E-state index contributed by atoms with van der Waals surface area (Å²) in [6.45, 7) is 0. The van der Waals surface area contributed by atoms with Crippen LogP contribution in [0.3, 0.4) is 0 Å². The number of nitrogen functional groups attached to an aromatic ring is 1. The lowest BCUT2D eigenvalue weighted by atomic mass is 11.0. The molecular formula is C4H7N7S. The molecule has 0 unspecified atom stereocenters. The fraction of sp³-hybridized carbons (Fsp3) is 0. The van der Waals surface area contributed by atoms with Crippen LogP contribution >= 0.6 is 12.2 Å². The highest BCUT2D eigenvalue weighted by Crippen LogP contribution is 1.82. The summed E-state index contributed by atoms with van der Waals surface area (Å²) in [4.78, 5) is 3.59. The number of aromatic amines is 3. The first kappa shape index (κ1) is 8.40. The van der Waals surface area contributed by atoms with Gasteiger partial charge in [0, 0.05) is 0 Å². The largest absolute Gasteiger partial charge is 0.368 e. The van der Waals surface area contributed by atoms with Gasteiger partial charge >= 0.3 is 0 Å². The van der Waals surface area contributed by atoms with Crippen molar-refractivity contribution in [3.63, 3.8) is 0 Å². The van der Waals surface area contributed by atoms with Crippen LogP contribution in [-0.4, -0.2) is 30.6 Å². The molecule has 2 aromatic rings. The maximum Gasteiger partial charge on any atom is 0.215 e. The number of anilines is 1. The summed E-state index contributed by atoms with van der Waals surface area (Å²) in [6.07, 6.45) is 3.17. The minimum atomic E-state index is 0.324. The van der Waals surface area contributed by atoms with Crippen molar-refractivity contribution in [3.8, 4) is 0 Å². The van der Waals surface area contributed by atoms with E-state index in [2.05, 4.69) is 42.8 Å². The van der Waals surface area contributed by atoms with Crippen LogP contribution in [-0.2, 0) is 0 Å². The molecule has 0 aliphatic carbocycles. The SMILES string of the molecule is Nc1nc(=S)[nH][nH]1.c1cn[nH]n1. The molecule has 0 bridgehead atoms. The van der Waals surface area contributed by atoms with Crippen LogP contribution in [0.1, 0.15) is 0 Å².